The van der Waals surface area contributed by atoms with Crippen LogP contribution in [-0.2, 0) is 0 Å². The number of nitrogens with zero attached hydrogens (tertiary/aromatic N) is 4. The van der Waals surface area contributed by atoms with Gasteiger partial charge in [0, 0.05) is 29.4 Å². The van der Waals surface area contributed by atoms with E-state index in [-0.39, 0.29) is 79.0 Å². The van der Waals surface area contributed by atoms with Crippen LogP contribution in [0.25, 0.3) is 32.1 Å². The summed E-state index contributed by atoms with van der Waals surface area (Å²) in [4.78, 5) is 10.1. The van der Waals surface area contributed by atoms with Crippen LogP contribution in [-0.4, -0.2) is 48.2 Å². The van der Waals surface area contributed by atoms with E-state index in [0.29, 0.717) is 0 Å². The molecule has 0 amide bonds. The molecule has 0 aliphatic carbocycles. The van der Waals surface area contributed by atoms with E-state index >= 15 is 4.39 Å². The third kappa shape index (κ3) is 3.27. The summed E-state index contributed by atoms with van der Waals surface area (Å²) in [7, 11) is 1.31. The van der Waals surface area contributed by atoms with Crippen molar-refractivity contribution in [3.8, 4) is 23.2 Å². The van der Waals surface area contributed by atoms with E-state index in [1.807, 2.05) is 6.07 Å². The molecule has 13 heteroatoms. The Balaban J connectivity index is 1.58. The summed E-state index contributed by atoms with van der Waals surface area (Å²) in [6, 6.07) is 5.71. The van der Waals surface area contributed by atoms with Gasteiger partial charge in [0.25, 0.3) is 5.92 Å². The first-order chi connectivity index (χ1) is 17.6. The first-order valence-corrected chi connectivity index (χ1v) is 12.3. The van der Waals surface area contributed by atoms with Gasteiger partial charge < -0.3 is 15.4 Å². The highest BCUT2D eigenvalue weighted by molar-refractivity contribution is 7.23. The molecule has 0 saturated carbocycles. The van der Waals surface area contributed by atoms with E-state index < -0.39 is 29.6 Å². The van der Waals surface area contributed by atoms with E-state index in [9.17, 15) is 18.4 Å². The molecule has 4 heterocycles. The monoisotopic (exact) mass is 548 g/mol. The molecule has 37 heavy (non-hydrogen) atoms. The van der Waals surface area contributed by atoms with Gasteiger partial charge in [0.05, 0.1) is 28.9 Å². The van der Waals surface area contributed by atoms with Crippen LogP contribution >= 0.6 is 22.9 Å². The van der Waals surface area contributed by atoms with Crippen molar-refractivity contribution < 1.29 is 22.3 Å². The highest BCUT2D eigenvalue weighted by Gasteiger charge is 2.64. The van der Waals surface area contributed by atoms with Crippen LogP contribution in [0.5, 0.6) is 6.01 Å². The molecule has 2 aromatic carbocycles. The maximum atomic E-state index is 16.2. The second kappa shape index (κ2) is 8.05. The summed E-state index contributed by atoms with van der Waals surface area (Å²) in [5.74, 6) is -4.13. The Morgan fingerprint density at radius 3 is 2.70 bits per heavy atom. The Kier molecular flexibility index (Phi) is 5.21. The standard InChI is InChI=1S/C24H17ClF4N6OS/c1-36-22-33-18-11(21(34-22)35-5-4-23(9-35)24(28,29)8-32-23)6-13(25)16(17(18)27)10-2-3-14(26)19-15(10)12(7-30)20(31)37-19/h2-3,6,32H,4-5,8-9,31H2,1H3. The normalized spacial score (nSPS) is 20.5. The van der Waals surface area contributed by atoms with Gasteiger partial charge >= 0.3 is 6.01 Å². The van der Waals surface area contributed by atoms with Gasteiger partial charge in [-0.1, -0.05) is 17.7 Å². The van der Waals surface area contributed by atoms with Crippen molar-refractivity contribution in [1.29, 1.82) is 5.26 Å². The number of methoxy groups -OCH3 is 1. The number of nitrogens with one attached hydrogen (secondary N) is 1. The van der Waals surface area contributed by atoms with Crippen molar-refractivity contribution in [3.63, 3.8) is 0 Å². The van der Waals surface area contributed by atoms with Gasteiger partial charge in [0.2, 0.25) is 0 Å². The van der Waals surface area contributed by atoms with Gasteiger partial charge in [0.1, 0.15) is 33.8 Å². The second-order valence-corrected chi connectivity index (χ2v) is 10.5. The molecule has 3 N–H and O–H groups in total. The first-order valence-electron chi connectivity index (χ1n) is 11.1. The largest absolute Gasteiger partial charge is 0.467 e. The predicted octanol–water partition coefficient (Wildman–Crippen LogP) is 5.09. The number of nitrogens with two attached hydrogens (primary N) is 1. The Morgan fingerprint density at radius 1 is 1.30 bits per heavy atom. The first kappa shape index (κ1) is 24.0. The quantitative estimate of drug-likeness (QED) is 0.344. The number of aromatic nitrogens is 2. The maximum Gasteiger partial charge on any atom is 0.318 e. The molecule has 2 saturated heterocycles. The lowest BCUT2D eigenvalue weighted by atomic mass is 9.83. The number of fused-ring (bicyclic) bond motifs is 2. The fourth-order valence-corrected chi connectivity index (χ4v) is 6.40. The number of benzene rings is 2. The van der Waals surface area contributed by atoms with Gasteiger partial charge in [0.15, 0.2) is 5.82 Å². The molecule has 1 atom stereocenters. The zero-order chi connectivity index (χ0) is 26.3. The van der Waals surface area contributed by atoms with Crippen LogP contribution in [0.4, 0.5) is 28.4 Å². The number of anilines is 2. The topological polar surface area (TPSA) is 100 Å². The smallest absolute Gasteiger partial charge is 0.318 e. The van der Waals surface area contributed by atoms with Gasteiger partial charge in [-0.3, -0.25) is 5.32 Å². The molecule has 0 bridgehead atoms. The lowest BCUT2D eigenvalue weighted by Gasteiger charge is -2.47. The average Bonchev–Trinajstić information content (AvgIpc) is 3.48. The van der Waals surface area contributed by atoms with Crippen LogP contribution in [0.1, 0.15) is 12.0 Å². The van der Waals surface area contributed by atoms with Gasteiger partial charge in [-0.05, 0) is 24.1 Å². The van der Waals surface area contributed by atoms with E-state index in [2.05, 4.69) is 15.3 Å². The molecule has 2 aromatic heterocycles. The number of alkyl halides is 2. The van der Waals surface area contributed by atoms with Crippen molar-refractivity contribution in [2.45, 2.75) is 17.9 Å². The summed E-state index contributed by atoms with van der Waals surface area (Å²) >= 11 is 7.48. The highest BCUT2D eigenvalue weighted by Crippen LogP contribution is 2.47. The Labute approximate surface area is 216 Å². The molecule has 2 fully saturated rings. The van der Waals surface area contributed by atoms with Crippen molar-refractivity contribution in [2.75, 3.05) is 37.4 Å². The van der Waals surface area contributed by atoms with Gasteiger partial charge in [-0.15, -0.1) is 11.3 Å². The van der Waals surface area contributed by atoms with Crippen molar-refractivity contribution in [2.24, 2.45) is 0 Å². The van der Waals surface area contributed by atoms with E-state index in [4.69, 9.17) is 22.1 Å². The number of thiophene rings is 1. The fourth-order valence-electron chi connectivity index (χ4n) is 5.15. The predicted molar refractivity (Wildman–Crippen MR) is 133 cm³/mol. The molecular formula is C24H17ClF4N6OS. The zero-order valence-electron chi connectivity index (χ0n) is 19.1. The molecule has 190 valence electrons. The van der Waals surface area contributed by atoms with Gasteiger partial charge in [-0.2, -0.15) is 15.2 Å². The third-order valence-corrected chi connectivity index (χ3v) is 8.47. The highest BCUT2D eigenvalue weighted by atomic mass is 35.5. The molecule has 4 aromatic rings. The summed E-state index contributed by atoms with van der Waals surface area (Å²) in [6.45, 7) is -0.200. The zero-order valence-corrected chi connectivity index (χ0v) is 20.7. The number of halogens is 5. The molecule has 7 nitrogen and oxygen atoms in total. The lowest BCUT2D eigenvalue weighted by molar-refractivity contribution is -0.145. The van der Waals surface area contributed by atoms with Crippen LogP contribution in [0.15, 0.2) is 18.2 Å². The number of hydrogen-bond acceptors (Lipinski definition) is 8. The molecule has 0 radical (unpaired) electrons. The number of nitriles is 1. The number of hydrogen-bond donors (Lipinski definition) is 2. The van der Waals surface area contributed by atoms with E-state index in [0.717, 1.165) is 17.4 Å². The molecule has 1 unspecified atom stereocenters. The minimum absolute atomic E-state index is 0.0160. The summed E-state index contributed by atoms with van der Waals surface area (Å²) in [5, 5.41) is 12.9. The fraction of sp³-hybridized carbons (Fsp3) is 0.292. The molecule has 6 rings (SSSR count). The molecule has 2 aliphatic rings. The average molecular weight is 549 g/mol. The minimum Gasteiger partial charge on any atom is -0.467 e. The van der Waals surface area contributed by atoms with Crippen LogP contribution in [0.3, 0.4) is 0 Å². The van der Waals surface area contributed by atoms with Crippen LogP contribution in [0, 0.1) is 23.0 Å². The summed E-state index contributed by atoms with van der Waals surface area (Å²) < 4.78 is 64.8. The molecule has 1 spiro atoms. The SMILES string of the molecule is COc1nc(N2CCC3(C2)NCC3(F)F)c2cc(Cl)c(-c3ccc(F)c4sc(N)c(C#N)c34)c(F)c2n1. The Morgan fingerprint density at radius 2 is 2.08 bits per heavy atom. The number of rotatable bonds is 3. The van der Waals surface area contributed by atoms with Crippen molar-refractivity contribution in [3.05, 3.63) is 40.4 Å². The van der Waals surface area contributed by atoms with Gasteiger partial charge in [-0.25, -0.2) is 17.6 Å². The second-order valence-electron chi connectivity index (χ2n) is 9.04. The Hall–Kier alpha value is -3.40. The summed E-state index contributed by atoms with van der Waals surface area (Å²) in [6.07, 6.45) is 0.173. The van der Waals surface area contributed by atoms with Crippen LogP contribution < -0.4 is 20.7 Å². The molecular weight excluding hydrogens is 532 g/mol. The minimum atomic E-state index is -2.88. The number of nitrogen functional groups attached to an aromatic ring is 1. The Bertz CT molecular complexity index is 1670. The number of ether oxygens (including phenoxy) is 1. The maximum absolute atomic E-state index is 16.2. The van der Waals surface area contributed by atoms with Crippen molar-refractivity contribution >= 4 is 54.7 Å². The third-order valence-electron chi connectivity index (χ3n) is 7.14. The van der Waals surface area contributed by atoms with Crippen molar-refractivity contribution in [1.82, 2.24) is 15.3 Å². The lowest BCUT2D eigenvalue weighted by Crippen LogP contribution is -2.74. The summed E-state index contributed by atoms with van der Waals surface area (Å²) in [5.41, 5.74) is 4.47. The van der Waals surface area contributed by atoms with E-state index in [1.165, 1.54) is 19.2 Å². The van der Waals surface area contributed by atoms with E-state index in [1.54, 1.807) is 4.90 Å². The van der Waals surface area contributed by atoms with Crippen LogP contribution in [0.2, 0.25) is 5.02 Å². The molecule has 2 aliphatic heterocycles.